The minimum Gasteiger partial charge on any atom is -0.452 e. The first-order valence-electron chi connectivity index (χ1n) is 3.71. The zero-order chi connectivity index (χ0) is 9.84. The Morgan fingerprint density at radius 2 is 2.46 bits per heavy atom. The highest BCUT2D eigenvalue weighted by Gasteiger charge is 2.16. The van der Waals surface area contributed by atoms with Gasteiger partial charge < -0.3 is 9.32 Å². The van der Waals surface area contributed by atoms with E-state index < -0.39 is 0 Å². The fourth-order valence-corrected chi connectivity index (χ4v) is 1.61. The maximum Gasteiger partial charge on any atom is 0.258 e. The Kier molecular flexibility index (Phi) is 3.81. The van der Waals surface area contributed by atoms with Crippen molar-refractivity contribution < 1.29 is 9.21 Å². The molecule has 1 heterocycles. The molecule has 0 unspecified atom stereocenters. The third kappa shape index (κ3) is 2.48. The number of hydrogen-bond acceptors (Lipinski definition) is 2. The molecule has 0 atom stereocenters. The van der Waals surface area contributed by atoms with Crippen LogP contribution in [0.2, 0.25) is 5.22 Å². The van der Waals surface area contributed by atoms with Crippen molar-refractivity contribution in [2.24, 2.45) is 0 Å². The highest BCUT2D eigenvalue weighted by atomic mass is 79.9. The molecule has 0 aliphatic rings. The van der Waals surface area contributed by atoms with Gasteiger partial charge in [-0.1, -0.05) is 15.9 Å². The number of furan rings is 1. The summed E-state index contributed by atoms with van der Waals surface area (Å²) in [6, 6.07) is 1.56. The van der Waals surface area contributed by atoms with E-state index in [2.05, 4.69) is 15.9 Å². The Morgan fingerprint density at radius 1 is 1.77 bits per heavy atom. The second-order valence-corrected chi connectivity index (χ2v) is 3.66. The fraction of sp³-hybridized carbons (Fsp3) is 0.375. The topological polar surface area (TPSA) is 33.5 Å². The lowest BCUT2D eigenvalue weighted by Crippen LogP contribution is -2.28. The Morgan fingerprint density at radius 3 is 2.92 bits per heavy atom. The third-order valence-corrected chi connectivity index (χ3v) is 2.26. The zero-order valence-electron chi connectivity index (χ0n) is 7.09. The van der Waals surface area contributed by atoms with Gasteiger partial charge in [-0.25, -0.2) is 0 Å². The smallest absolute Gasteiger partial charge is 0.258 e. The predicted molar refractivity (Wildman–Crippen MR) is 54.5 cm³/mol. The lowest BCUT2D eigenvalue weighted by molar-refractivity contribution is 0.0803. The van der Waals surface area contributed by atoms with E-state index in [1.165, 1.54) is 6.26 Å². The highest BCUT2D eigenvalue weighted by molar-refractivity contribution is 9.09. The number of carbonyl (C=O) groups is 1. The molecule has 0 N–H and O–H groups in total. The zero-order valence-corrected chi connectivity index (χ0v) is 9.43. The van der Waals surface area contributed by atoms with Crippen LogP contribution in [0, 0.1) is 0 Å². The summed E-state index contributed by atoms with van der Waals surface area (Å²) >= 11 is 8.90. The van der Waals surface area contributed by atoms with Crippen molar-refractivity contribution in [3.05, 3.63) is 23.1 Å². The van der Waals surface area contributed by atoms with E-state index in [4.69, 9.17) is 16.0 Å². The van der Waals surface area contributed by atoms with Crippen LogP contribution < -0.4 is 0 Å². The Hall–Kier alpha value is -0.480. The molecule has 1 rings (SSSR count). The summed E-state index contributed by atoms with van der Waals surface area (Å²) in [5, 5.41) is 0.886. The standard InChI is InChI=1S/C8H9BrClNO2/c1-11(4-3-9)8(12)6-2-5-13-7(6)10/h2,5H,3-4H2,1H3. The van der Waals surface area contributed by atoms with Gasteiger partial charge in [0.05, 0.1) is 11.8 Å². The van der Waals surface area contributed by atoms with Gasteiger partial charge in [-0.2, -0.15) is 0 Å². The molecular weight excluding hydrogens is 257 g/mol. The molecule has 0 saturated heterocycles. The van der Waals surface area contributed by atoms with Crippen LogP contribution in [0.4, 0.5) is 0 Å². The van der Waals surface area contributed by atoms with E-state index in [-0.39, 0.29) is 11.1 Å². The monoisotopic (exact) mass is 265 g/mol. The summed E-state index contributed by atoms with van der Waals surface area (Å²) in [6.45, 7) is 0.639. The van der Waals surface area contributed by atoms with E-state index in [1.807, 2.05) is 0 Å². The van der Waals surface area contributed by atoms with Gasteiger partial charge in [-0.15, -0.1) is 0 Å². The molecule has 0 aromatic carbocycles. The Bertz CT molecular complexity index is 300. The molecule has 72 valence electrons. The summed E-state index contributed by atoms with van der Waals surface area (Å²) in [4.78, 5) is 13.2. The number of rotatable bonds is 3. The average molecular weight is 267 g/mol. The van der Waals surface area contributed by atoms with Crippen LogP contribution >= 0.6 is 27.5 Å². The molecule has 0 bridgehead atoms. The van der Waals surface area contributed by atoms with Gasteiger partial charge in [0.25, 0.3) is 5.91 Å². The molecule has 0 saturated carbocycles. The second-order valence-electron chi connectivity index (χ2n) is 2.52. The summed E-state index contributed by atoms with van der Waals surface area (Å²) in [6.07, 6.45) is 1.40. The van der Waals surface area contributed by atoms with Crippen LogP contribution in [-0.2, 0) is 0 Å². The Balaban J connectivity index is 2.73. The molecule has 3 nitrogen and oxygen atoms in total. The Labute approximate surface area is 89.8 Å². The van der Waals surface area contributed by atoms with E-state index in [0.717, 1.165) is 5.33 Å². The molecular formula is C8H9BrClNO2. The van der Waals surface area contributed by atoms with Crippen molar-refractivity contribution in [1.82, 2.24) is 4.90 Å². The van der Waals surface area contributed by atoms with E-state index >= 15 is 0 Å². The summed E-state index contributed by atoms with van der Waals surface area (Å²) in [7, 11) is 1.72. The summed E-state index contributed by atoms with van der Waals surface area (Å²) < 4.78 is 4.82. The summed E-state index contributed by atoms with van der Waals surface area (Å²) in [5.41, 5.74) is 0.408. The number of amides is 1. The average Bonchev–Trinajstić information content (AvgIpc) is 2.50. The molecule has 1 aromatic rings. The molecule has 1 amide bonds. The van der Waals surface area contributed by atoms with E-state index in [9.17, 15) is 4.79 Å². The number of carbonyl (C=O) groups excluding carboxylic acids is 1. The molecule has 0 radical (unpaired) electrons. The van der Waals surface area contributed by atoms with Crippen LogP contribution in [-0.4, -0.2) is 29.7 Å². The van der Waals surface area contributed by atoms with E-state index in [0.29, 0.717) is 12.1 Å². The quantitative estimate of drug-likeness (QED) is 0.787. The maximum atomic E-state index is 11.6. The van der Waals surface area contributed by atoms with Crippen LogP contribution in [0.3, 0.4) is 0 Å². The first-order chi connectivity index (χ1) is 6.16. The molecule has 0 fully saturated rings. The molecule has 0 aliphatic heterocycles. The van der Waals surface area contributed by atoms with Gasteiger partial charge in [0, 0.05) is 18.9 Å². The van der Waals surface area contributed by atoms with Crippen LogP contribution in [0.25, 0.3) is 0 Å². The van der Waals surface area contributed by atoms with Gasteiger partial charge in [-0.05, 0) is 17.7 Å². The first-order valence-corrected chi connectivity index (χ1v) is 5.21. The van der Waals surface area contributed by atoms with Gasteiger partial charge in [-0.3, -0.25) is 4.79 Å². The van der Waals surface area contributed by atoms with Gasteiger partial charge >= 0.3 is 0 Å². The number of alkyl halides is 1. The highest BCUT2D eigenvalue weighted by Crippen LogP contribution is 2.17. The maximum absolute atomic E-state index is 11.6. The molecule has 1 aromatic heterocycles. The van der Waals surface area contributed by atoms with Gasteiger partial charge in [0.15, 0.2) is 0 Å². The molecule has 0 spiro atoms. The molecule has 5 heteroatoms. The SMILES string of the molecule is CN(CCBr)C(=O)c1ccoc1Cl. The second kappa shape index (κ2) is 4.67. The third-order valence-electron chi connectivity index (χ3n) is 1.62. The number of hydrogen-bond donors (Lipinski definition) is 0. The minimum absolute atomic E-state index is 0.127. The van der Waals surface area contributed by atoms with E-state index in [1.54, 1.807) is 18.0 Å². The fourth-order valence-electron chi connectivity index (χ4n) is 0.880. The number of halogens is 2. The van der Waals surface area contributed by atoms with Crippen molar-refractivity contribution >= 4 is 33.4 Å². The predicted octanol–water partition coefficient (Wildman–Crippen LogP) is 2.40. The normalized spacial score (nSPS) is 10.1. The minimum atomic E-state index is -0.127. The van der Waals surface area contributed by atoms with Crippen molar-refractivity contribution in [2.75, 3.05) is 18.9 Å². The lowest BCUT2D eigenvalue weighted by atomic mass is 10.3. The largest absolute Gasteiger partial charge is 0.452 e. The van der Waals surface area contributed by atoms with Crippen molar-refractivity contribution in [3.8, 4) is 0 Å². The van der Waals surface area contributed by atoms with Crippen LogP contribution in [0.5, 0.6) is 0 Å². The van der Waals surface area contributed by atoms with Crippen LogP contribution in [0.1, 0.15) is 10.4 Å². The number of nitrogens with zero attached hydrogens (tertiary/aromatic N) is 1. The van der Waals surface area contributed by atoms with Crippen LogP contribution in [0.15, 0.2) is 16.7 Å². The van der Waals surface area contributed by atoms with Crippen molar-refractivity contribution in [1.29, 1.82) is 0 Å². The van der Waals surface area contributed by atoms with Gasteiger partial charge in [0.2, 0.25) is 5.22 Å². The first kappa shape index (κ1) is 10.6. The molecule has 0 aliphatic carbocycles. The summed E-state index contributed by atoms with van der Waals surface area (Å²) in [5.74, 6) is -0.127. The molecule has 13 heavy (non-hydrogen) atoms. The van der Waals surface area contributed by atoms with Crippen molar-refractivity contribution in [2.45, 2.75) is 0 Å². The van der Waals surface area contributed by atoms with Crippen molar-refractivity contribution in [3.63, 3.8) is 0 Å². The van der Waals surface area contributed by atoms with Gasteiger partial charge in [0.1, 0.15) is 0 Å². The lowest BCUT2D eigenvalue weighted by Gasteiger charge is -2.14.